The third kappa shape index (κ3) is 3.96. The Labute approximate surface area is 105 Å². The molecule has 1 nitrogen and oxygen atoms in total. The third-order valence-corrected chi connectivity index (χ3v) is 5.51. The normalized spacial score (nSPS) is 26.1. The van der Waals surface area contributed by atoms with E-state index in [-0.39, 0.29) is 0 Å². The van der Waals surface area contributed by atoms with Crippen molar-refractivity contribution in [3.8, 4) is 0 Å². The molecule has 1 N–H and O–H groups in total. The lowest BCUT2D eigenvalue weighted by Gasteiger charge is -2.27. The molecule has 2 heteroatoms. The Bertz CT molecular complexity index is 183. The van der Waals surface area contributed by atoms with E-state index in [0.717, 1.165) is 17.9 Å². The van der Waals surface area contributed by atoms with Gasteiger partial charge in [-0.1, -0.05) is 25.7 Å². The van der Waals surface area contributed by atoms with E-state index in [9.17, 15) is 0 Å². The summed E-state index contributed by atoms with van der Waals surface area (Å²) in [6.07, 6.45) is 11.8. The van der Waals surface area contributed by atoms with Gasteiger partial charge in [0.25, 0.3) is 0 Å². The van der Waals surface area contributed by atoms with Gasteiger partial charge in [0, 0.05) is 6.04 Å². The molecule has 1 heterocycles. The van der Waals surface area contributed by atoms with Crippen LogP contribution in [0.2, 0.25) is 0 Å². The molecule has 1 atom stereocenters. The average Bonchev–Trinajstić information content (AvgIpc) is 2.82. The van der Waals surface area contributed by atoms with Crippen molar-refractivity contribution in [1.29, 1.82) is 0 Å². The van der Waals surface area contributed by atoms with E-state index in [4.69, 9.17) is 0 Å². The highest BCUT2D eigenvalue weighted by Crippen LogP contribution is 2.32. The largest absolute Gasteiger partial charge is 0.317 e. The average molecular weight is 241 g/mol. The highest BCUT2D eigenvalue weighted by atomic mass is 32.2. The number of rotatable bonds is 5. The molecule has 0 amide bonds. The highest BCUT2D eigenvalue weighted by molar-refractivity contribution is 7.99. The first-order chi connectivity index (χ1) is 7.88. The standard InChI is InChI=1S/C14H27NS/c1-15-14(10-12-4-2-3-5-12)11-13-6-8-16-9-7-13/h12-15H,2-11H2,1H3. The van der Waals surface area contributed by atoms with Crippen LogP contribution < -0.4 is 5.32 Å². The fourth-order valence-electron chi connectivity index (χ4n) is 3.36. The summed E-state index contributed by atoms with van der Waals surface area (Å²) < 4.78 is 0. The summed E-state index contributed by atoms with van der Waals surface area (Å²) in [5, 5.41) is 3.57. The van der Waals surface area contributed by atoms with E-state index < -0.39 is 0 Å². The summed E-state index contributed by atoms with van der Waals surface area (Å²) in [6, 6.07) is 0.802. The van der Waals surface area contributed by atoms with Gasteiger partial charge in [0.05, 0.1) is 0 Å². The van der Waals surface area contributed by atoms with Crippen LogP contribution in [0.3, 0.4) is 0 Å². The van der Waals surface area contributed by atoms with Crippen LogP contribution in [0.25, 0.3) is 0 Å². The highest BCUT2D eigenvalue weighted by Gasteiger charge is 2.22. The Balaban J connectivity index is 1.70. The van der Waals surface area contributed by atoms with Crippen molar-refractivity contribution in [2.45, 2.75) is 57.4 Å². The summed E-state index contributed by atoms with van der Waals surface area (Å²) in [5.74, 6) is 4.87. The van der Waals surface area contributed by atoms with Gasteiger partial charge >= 0.3 is 0 Å². The first kappa shape index (κ1) is 12.8. The molecular formula is C14H27NS. The maximum Gasteiger partial charge on any atom is 0.00693 e. The molecule has 1 aliphatic heterocycles. The predicted octanol–water partition coefficient (Wildman–Crippen LogP) is 3.69. The second-order valence-electron chi connectivity index (χ2n) is 5.66. The lowest BCUT2D eigenvalue weighted by Crippen LogP contribution is -2.30. The molecule has 2 rings (SSSR count). The summed E-state index contributed by atoms with van der Waals surface area (Å²) in [7, 11) is 2.16. The first-order valence-electron chi connectivity index (χ1n) is 7.13. The Morgan fingerprint density at radius 1 is 1.00 bits per heavy atom. The van der Waals surface area contributed by atoms with Gasteiger partial charge in [-0.2, -0.15) is 11.8 Å². The van der Waals surface area contributed by atoms with E-state index in [2.05, 4.69) is 24.1 Å². The molecule has 0 aromatic carbocycles. The maximum absolute atomic E-state index is 3.57. The van der Waals surface area contributed by atoms with Crippen LogP contribution in [0.4, 0.5) is 0 Å². The van der Waals surface area contributed by atoms with Crippen molar-refractivity contribution >= 4 is 11.8 Å². The Morgan fingerprint density at radius 2 is 1.56 bits per heavy atom. The van der Waals surface area contributed by atoms with Gasteiger partial charge in [0.15, 0.2) is 0 Å². The van der Waals surface area contributed by atoms with Crippen LogP contribution >= 0.6 is 11.8 Å². The van der Waals surface area contributed by atoms with Gasteiger partial charge in [-0.3, -0.25) is 0 Å². The van der Waals surface area contributed by atoms with Crippen molar-refractivity contribution in [2.24, 2.45) is 11.8 Å². The van der Waals surface area contributed by atoms with Crippen LogP contribution in [-0.2, 0) is 0 Å². The van der Waals surface area contributed by atoms with Gasteiger partial charge < -0.3 is 5.32 Å². The van der Waals surface area contributed by atoms with Gasteiger partial charge in [-0.05, 0) is 56.1 Å². The van der Waals surface area contributed by atoms with Crippen LogP contribution in [0.1, 0.15) is 51.4 Å². The number of nitrogens with one attached hydrogen (secondary N) is 1. The minimum absolute atomic E-state index is 0.802. The molecule has 94 valence electrons. The van der Waals surface area contributed by atoms with Gasteiger partial charge in [-0.25, -0.2) is 0 Å². The van der Waals surface area contributed by atoms with Gasteiger partial charge in [-0.15, -0.1) is 0 Å². The zero-order valence-electron chi connectivity index (χ0n) is 10.7. The maximum atomic E-state index is 3.57. The Morgan fingerprint density at radius 3 is 2.12 bits per heavy atom. The summed E-state index contributed by atoms with van der Waals surface area (Å²) in [5.41, 5.74) is 0. The second kappa shape index (κ2) is 6.90. The fourth-order valence-corrected chi connectivity index (χ4v) is 4.57. The van der Waals surface area contributed by atoms with E-state index in [1.807, 2.05) is 0 Å². The summed E-state index contributed by atoms with van der Waals surface area (Å²) in [4.78, 5) is 0. The third-order valence-electron chi connectivity index (χ3n) is 4.46. The van der Waals surface area contributed by atoms with Crippen molar-refractivity contribution in [1.82, 2.24) is 5.32 Å². The van der Waals surface area contributed by atoms with E-state index in [1.165, 1.54) is 62.9 Å². The molecule has 1 saturated heterocycles. The summed E-state index contributed by atoms with van der Waals surface area (Å²) >= 11 is 2.15. The molecule has 0 spiro atoms. The molecule has 1 aliphatic carbocycles. The Hall–Kier alpha value is 0.310. The van der Waals surface area contributed by atoms with Crippen molar-refractivity contribution in [2.75, 3.05) is 18.6 Å². The van der Waals surface area contributed by atoms with Crippen molar-refractivity contribution in [3.63, 3.8) is 0 Å². The van der Waals surface area contributed by atoms with Crippen LogP contribution in [-0.4, -0.2) is 24.6 Å². The second-order valence-corrected chi connectivity index (χ2v) is 6.89. The molecular weight excluding hydrogens is 214 g/mol. The SMILES string of the molecule is CNC(CC1CCCC1)CC1CCSCC1. The van der Waals surface area contributed by atoms with Gasteiger partial charge in [0.2, 0.25) is 0 Å². The molecule has 0 radical (unpaired) electrons. The minimum Gasteiger partial charge on any atom is -0.317 e. The number of hydrogen-bond acceptors (Lipinski definition) is 2. The molecule has 0 aromatic heterocycles. The van der Waals surface area contributed by atoms with E-state index >= 15 is 0 Å². The van der Waals surface area contributed by atoms with E-state index in [0.29, 0.717) is 0 Å². The topological polar surface area (TPSA) is 12.0 Å². The first-order valence-corrected chi connectivity index (χ1v) is 8.29. The molecule has 1 unspecified atom stereocenters. The van der Waals surface area contributed by atoms with Crippen molar-refractivity contribution in [3.05, 3.63) is 0 Å². The van der Waals surface area contributed by atoms with Crippen molar-refractivity contribution < 1.29 is 0 Å². The van der Waals surface area contributed by atoms with Crippen LogP contribution in [0.5, 0.6) is 0 Å². The minimum atomic E-state index is 0.802. The van der Waals surface area contributed by atoms with Crippen LogP contribution in [0.15, 0.2) is 0 Å². The predicted molar refractivity (Wildman–Crippen MR) is 74.1 cm³/mol. The zero-order chi connectivity index (χ0) is 11.2. The summed E-state index contributed by atoms with van der Waals surface area (Å²) in [6.45, 7) is 0. The van der Waals surface area contributed by atoms with Gasteiger partial charge in [0.1, 0.15) is 0 Å². The molecule has 2 fully saturated rings. The smallest absolute Gasteiger partial charge is 0.00693 e. The molecule has 2 aliphatic rings. The molecule has 0 bridgehead atoms. The van der Waals surface area contributed by atoms with Crippen LogP contribution in [0, 0.1) is 11.8 Å². The quantitative estimate of drug-likeness (QED) is 0.788. The molecule has 0 aromatic rings. The number of thioether (sulfide) groups is 1. The molecule has 1 saturated carbocycles. The van der Waals surface area contributed by atoms with E-state index in [1.54, 1.807) is 0 Å². The fraction of sp³-hybridized carbons (Fsp3) is 1.00. The monoisotopic (exact) mass is 241 g/mol. The Kier molecular flexibility index (Phi) is 5.51. The molecule has 16 heavy (non-hydrogen) atoms. The lowest BCUT2D eigenvalue weighted by molar-refractivity contribution is 0.324. The lowest BCUT2D eigenvalue weighted by atomic mass is 9.89. The zero-order valence-corrected chi connectivity index (χ0v) is 11.5. The number of hydrogen-bond donors (Lipinski definition) is 1.